The van der Waals surface area contributed by atoms with E-state index in [1.807, 2.05) is 65.5 Å². The first-order valence-electron chi connectivity index (χ1n) is 8.50. The monoisotopic (exact) mass is 469 g/mol. The molecular weight excluding hydrogens is 457 g/mol. The van der Waals surface area contributed by atoms with Gasteiger partial charge < -0.3 is 0 Å². The number of para-hydroxylation sites is 1. The van der Waals surface area contributed by atoms with Crippen molar-refractivity contribution in [2.24, 2.45) is 4.99 Å². The first-order valence-corrected chi connectivity index (χ1v) is 10.1. The molecule has 3 aromatic carbocycles. The summed E-state index contributed by atoms with van der Waals surface area (Å²) >= 11 is 15.8. The van der Waals surface area contributed by atoms with E-state index in [1.165, 1.54) is 0 Å². The highest BCUT2D eigenvalue weighted by atomic mass is 79.9. The van der Waals surface area contributed by atoms with Crippen molar-refractivity contribution in [1.29, 1.82) is 0 Å². The van der Waals surface area contributed by atoms with Crippen LogP contribution in [0.4, 0.5) is 5.69 Å². The Labute approximate surface area is 181 Å². The molecular formula is C22H14BrCl2N3. The number of hydrogen-bond acceptors (Lipinski definition) is 2. The number of aromatic nitrogens is 2. The van der Waals surface area contributed by atoms with Crippen LogP contribution in [0.3, 0.4) is 0 Å². The molecule has 138 valence electrons. The maximum Gasteiger partial charge on any atom is 0.101 e. The lowest BCUT2D eigenvalue weighted by Gasteiger charge is -2.01. The molecule has 0 aliphatic rings. The van der Waals surface area contributed by atoms with Crippen LogP contribution in [0.25, 0.3) is 16.9 Å². The molecule has 6 heteroatoms. The van der Waals surface area contributed by atoms with Crippen LogP contribution in [0.2, 0.25) is 10.0 Å². The fourth-order valence-electron chi connectivity index (χ4n) is 2.75. The maximum absolute atomic E-state index is 6.24. The fraction of sp³-hybridized carbons (Fsp3) is 0. The molecule has 0 aliphatic carbocycles. The van der Waals surface area contributed by atoms with Gasteiger partial charge in [0.05, 0.1) is 16.4 Å². The van der Waals surface area contributed by atoms with E-state index >= 15 is 0 Å². The van der Waals surface area contributed by atoms with E-state index in [0.717, 1.165) is 27.0 Å². The van der Waals surface area contributed by atoms with Crippen LogP contribution in [0.5, 0.6) is 0 Å². The normalized spacial score (nSPS) is 11.2. The summed E-state index contributed by atoms with van der Waals surface area (Å²) in [6, 6.07) is 23.2. The van der Waals surface area contributed by atoms with Gasteiger partial charge in [-0.2, -0.15) is 5.10 Å². The molecule has 0 fully saturated rings. The Hall–Kier alpha value is -2.40. The molecule has 0 unspecified atom stereocenters. The minimum atomic E-state index is 0.543. The molecule has 0 saturated heterocycles. The number of aliphatic imine (C=N–C) groups is 1. The standard InChI is InChI=1S/C22H14BrCl2N3/c23-17-8-6-15(7-9-17)22-16(13-26-21-12-18(24)10-11-20(21)25)14-28(27-22)19-4-2-1-3-5-19/h1-14H. The van der Waals surface area contributed by atoms with Crippen LogP contribution in [0.15, 0.2) is 88.5 Å². The van der Waals surface area contributed by atoms with Gasteiger partial charge >= 0.3 is 0 Å². The second-order valence-corrected chi connectivity index (χ2v) is 7.83. The molecule has 0 saturated carbocycles. The van der Waals surface area contributed by atoms with E-state index < -0.39 is 0 Å². The smallest absolute Gasteiger partial charge is 0.101 e. The van der Waals surface area contributed by atoms with Gasteiger partial charge in [0.25, 0.3) is 0 Å². The van der Waals surface area contributed by atoms with E-state index in [0.29, 0.717) is 15.7 Å². The first-order chi connectivity index (χ1) is 13.6. The molecule has 0 radical (unpaired) electrons. The number of hydrogen-bond donors (Lipinski definition) is 0. The number of nitrogens with zero attached hydrogens (tertiary/aromatic N) is 3. The molecule has 4 rings (SSSR count). The minimum absolute atomic E-state index is 0.543. The predicted molar refractivity (Wildman–Crippen MR) is 120 cm³/mol. The molecule has 1 aromatic heterocycles. The lowest BCUT2D eigenvalue weighted by Crippen LogP contribution is -1.93. The third kappa shape index (κ3) is 4.20. The van der Waals surface area contributed by atoms with Gasteiger partial charge in [0.1, 0.15) is 5.69 Å². The number of halogens is 3. The van der Waals surface area contributed by atoms with Crippen LogP contribution in [-0.4, -0.2) is 16.0 Å². The highest BCUT2D eigenvalue weighted by Gasteiger charge is 2.11. The van der Waals surface area contributed by atoms with Gasteiger partial charge in [0.15, 0.2) is 0 Å². The zero-order valence-corrected chi connectivity index (χ0v) is 17.7. The molecule has 4 aromatic rings. The molecule has 0 N–H and O–H groups in total. The number of benzene rings is 3. The average molecular weight is 471 g/mol. The molecule has 0 bridgehead atoms. The summed E-state index contributed by atoms with van der Waals surface area (Å²) in [7, 11) is 0. The van der Waals surface area contributed by atoms with Gasteiger partial charge in [-0.1, -0.05) is 69.5 Å². The fourth-order valence-corrected chi connectivity index (χ4v) is 3.35. The topological polar surface area (TPSA) is 30.2 Å². The van der Waals surface area contributed by atoms with Crippen molar-refractivity contribution in [3.8, 4) is 16.9 Å². The van der Waals surface area contributed by atoms with Gasteiger partial charge in [-0.05, 0) is 42.5 Å². The summed E-state index contributed by atoms with van der Waals surface area (Å²) in [4.78, 5) is 4.54. The molecule has 0 atom stereocenters. The Morgan fingerprint density at radius 2 is 1.68 bits per heavy atom. The van der Waals surface area contributed by atoms with E-state index in [-0.39, 0.29) is 0 Å². The third-order valence-corrected chi connectivity index (χ3v) is 5.22. The van der Waals surface area contributed by atoms with Gasteiger partial charge in [-0.15, -0.1) is 0 Å². The molecule has 0 amide bonds. The Balaban J connectivity index is 1.80. The average Bonchev–Trinajstić information content (AvgIpc) is 3.14. The van der Waals surface area contributed by atoms with Crippen molar-refractivity contribution < 1.29 is 0 Å². The quantitative estimate of drug-likeness (QED) is 0.286. The van der Waals surface area contributed by atoms with E-state index in [2.05, 4.69) is 20.9 Å². The van der Waals surface area contributed by atoms with Crippen molar-refractivity contribution in [2.75, 3.05) is 0 Å². The summed E-state index contributed by atoms with van der Waals surface area (Å²) in [5.74, 6) is 0. The van der Waals surface area contributed by atoms with Gasteiger partial charge in [0, 0.05) is 33.0 Å². The highest BCUT2D eigenvalue weighted by molar-refractivity contribution is 9.10. The van der Waals surface area contributed by atoms with Crippen LogP contribution in [0, 0.1) is 0 Å². The third-order valence-electron chi connectivity index (χ3n) is 4.13. The molecule has 0 aliphatic heterocycles. The van der Waals surface area contributed by atoms with Crippen molar-refractivity contribution in [3.63, 3.8) is 0 Å². The lowest BCUT2D eigenvalue weighted by molar-refractivity contribution is 0.884. The summed E-state index contributed by atoms with van der Waals surface area (Å²) in [5, 5.41) is 5.91. The second kappa shape index (κ2) is 8.31. The molecule has 1 heterocycles. The zero-order chi connectivity index (χ0) is 19.5. The zero-order valence-electron chi connectivity index (χ0n) is 14.6. The van der Waals surface area contributed by atoms with Gasteiger partial charge in [-0.25, -0.2) is 4.68 Å². The van der Waals surface area contributed by atoms with Gasteiger partial charge in [-0.3, -0.25) is 4.99 Å². The van der Waals surface area contributed by atoms with Crippen LogP contribution in [0.1, 0.15) is 5.56 Å². The maximum atomic E-state index is 6.24. The van der Waals surface area contributed by atoms with Gasteiger partial charge in [0.2, 0.25) is 0 Å². The summed E-state index contributed by atoms with van der Waals surface area (Å²) in [5.41, 5.74) is 4.29. The highest BCUT2D eigenvalue weighted by Crippen LogP contribution is 2.29. The van der Waals surface area contributed by atoms with E-state index in [4.69, 9.17) is 28.3 Å². The molecule has 3 nitrogen and oxygen atoms in total. The first kappa shape index (κ1) is 18.9. The van der Waals surface area contributed by atoms with Crippen molar-refractivity contribution in [3.05, 3.63) is 99.1 Å². The Kier molecular flexibility index (Phi) is 5.62. The van der Waals surface area contributed by atoms with E-state index in [1.54, 1.807) is 24.4 Å². The number of rotatable bonds is 4. The Morgan fingerprint density at radius 3 is 2.43 bits per heavy atom. The SMILES string of the molecule is Clc1ccc(Cl)c(N=Cc2cn(-c3ccccc3)nc2-c2ccc(Br)cc2)c1. The minimum Gasteiger partial charge on any atom is -0.255 e. The van der Waals surface area contributed by atoms with Crippen molar-refractivity contribution >= 4 is 51.0 Å². The van der Waals surface area contributed by atoms with Crippen LogP contribution in [-0.2, 0) is 0 Å². The molecule has 28 heavy (non-hydrogen) atoms. The second-order valence-electron chi connectivity index (χ2n) is 6.07. The summed E-state index contributed by atoms with van der Waals surface area (Å²) in [6.45, 7) is 0. The van der Waals surface area contributed by atoms with Crippen LogP contribution >= 0.6 is 39.1 Å². The Bertz CT molecular complexity index is 1140. The molecule has 0 spiro atoms. The van der Waals surface area contributed by atoms with E-state index in [9.17, 15) is 0 Å². The van der Waals surface area contributed by atoms with Crippen molar-refractivity contribution in [2.45, 2.75) is 0 Å². The summed E-state index contributed by atoms with van der Waals surface area (Å²) < 4.78 is 2.86. The Morgan fingerprint density at radius 1 is 0.929 bits per heavy atom. The lowest BCUT2D eigenvalue weighted by atomic mass is 10.1. The summed E-state index contributed by atoms with van der Waals surface area (Å²) in [6.07, 6.45) is 3.72. The predicted octanol–water partition coefficient (Wildman–Crippen LogP) is 7.36. The largest absolute Gasteiger partial charge is 0.255 e. The van der Waals surface area contributed by atoms with Crippen LogP contribution < -0.4 is 0 Å². The van der Waals surface area contributed by atoms with Crippen molar-refractivity contribution in [1.82, 2.24) is 9.78 Å².